The monoisotopic (exact) mass is 133 g/mol. The molecule has 0 amide bonds. The van der Waals surface area contributed by atoms with Gasteiger partial charge in [0.05, 0.1) is 19.3 Å². The molecule has 0 spiro atoms. The Bertz CT molecular complexity index is 96.0. The SMILES string of the molecule is C.[N-]=[N+]=NC(CO)CO. The maximum Gasteiger partial charge on any atom is 0.0836 e. The number of azide groups is 1. The van der Waals surface area contributed by atoms with Crippen LogP contribution in [0, 0.1) is 0 Å². The van der Waals surface area contributed by atoms with Gasteiger partial charge in [-0.1, -0.05) is 12.5 Å². The minimum Gasteiger partial charge on any atom is -0.396 e. The molecule has 2 N–H and O–H groups in total. The number of aliphatic hydroxyl groups excluding tert-OH is 2. The van der Waals surface area contributed by atoms with Crippen LogP contribution in [0.15, 0.2) is 5.11 Å². The lowest BCUT2D eigenvalue weighted by Crippen LogP contribution is -2.13. The van der Waals surface area contributed by atoms with Crippen LogP contribution in [0.25, 0.3) is 10.4 Å². The quantitative estimate of drug-likeness (QED) is 0.329. The van der Waals surface area contributed by atoms with Crippen LogP contribution in [0.5, 0.6) is 0 Å². The van der Waals surface area contributed by atoms with E-state index in [9.17, 15) is 0 Å². The molecule has 0 atom stereocenters. The van der Waals surface area contributed by atoms with Gasteiger partial charge in [-0.15, -0.1) is 0 Å². The van der Waals surface area contributed by atoms with Crippen molar-refractivity contribution in [2.24, 2.45) is 5.11 Å². The highest BCUT2D eigenvalue weighted by atomic mass is 16.3. The summed E-state index contributed by atoms with van der Waals surface area (Å²) in [5, 5.41) is 19.5. The molecule has 0 fully saturated rings. The van der Waals surface area contributed by atoms with Crippen molar-refractivity contribution in [1.82, 2.24) is 0 Å². The predicted molar refractivity (Wildman–Crippen MR) is 33.8 cm³/mol. The summed E-state index contributed by atoms with van der Waals surface area (Å²) in [5.41, 5.74) is 7.74. The average Bonchev–Trinajstić information content (AvgIpc) is 1.83. The van der Waals surface area contributed by atoms with Crippen LogP contribution in [0.3, 0.4) is 0 Å². The second-order valence-corrected chi connectivity index (χ2v) is 1.22. The number of hydrogen-bond acceptors (Lipinski definition) is 3. The minimum atomic E-state index is -0.681. The number of nitrogens with zero attached hydrogens (tertiary/aromatic N) is 3. The Kier molecular flexibility index (Phi) is 8.90. The highest BCUT2D eigenvalue weighted by molar-refractivity contribution is 4.61. The van der Waals surface area contributed by atoms with E-state index >= 15 is 0 Å². The largest absolute Gasteiger partial charge is 0.396 e. The Morgan fingerprint density at radius 3 is 2.00 bits per heavy atom. The van der Waals surface area contributed by atoms with E-state index in [0.29, 0.717) is 0 Å². The van der Waals surface area contributed by atoms with E-state index in [4.69, 9.17) is 15.7 Å². The fourth-order valence-corrected chi connectivity index (χ4v) is 0.204. The van der Waals surface area contributed by atoms with E-state index in [2.05, 4.69) is 10.0 Å². The van der Waals surface area contributed by atoms with Crippen LogP contribution in [0.2, 0.25) is 0 Å². The number of hydrogen-bond donors (Lipinski definition) is 2. The zero-order chi connectivity index (χ0) is 6.41. The maximum absolute atomic E-state index is 8.23. The van der Waals surface area contributed by atoms with Gasteiger partial charge in [0.1, 0.15) is 0 Å². The Morgan fingerprint density at radius 2 is 1.89 bits per heavy atom. The smallest absolute Gasteiger partial charge is 0.0836 e. The summed E-state index contributed by atoms with van der Waals surface area (Å²) in [6, 6.07) is -0.681. The van der Waals surface area contributed by atoms with Gasteiger partial charge < -0.3 is 10.2 Å². The lowest BCUT2D eigenvalue weighted by molar-refractivity contribution is 0.194. The second-order valence-electron chi connectivity index (χ2n) is 1.22. The van der Waals surface area contributed by atoms with Crippen LogP contribution < -0.4 is 0 Å². The lowest BCUT2D eigenvalue weighted by atomic mass is 10.4. The second kappa shape index (κ2) is 7.23. The molecule has 5 nitrogen and oxygen atoms in total. The highest BCUT2D eigenvalue weighted by Crippen LogP contribution is 1.85. The first kappa shape index (κ1) is 11.1. The van der Waals surface area contributed by atoms with Gasteiger partial charge in [0.2, 0.25) is 0 Å². The number of rotatable bonds is 3. The molecule has 0 aliphatic heterocycles. The Morgan fingerprint density at radius 1 is 1.44 bits per heavy atom. The van der Waals surface area contributed by atoms with E-state index in [1.54, 1.807) is 0 Å². The topological polar surface area (TPSA) is 89.2 Å². The van der Waals surface area contributed by atoms with E-state index in [0.717, 1.165) is 0 Å². The van der Waals surface area contributed by atoms with E-state index < -0.39 is 6.04 Å². The van der Waals surface area contributed by atoms with Gasteiger partial charge in [-0.05, 0) is 5.53 Å². The molecule has 0 aliphatic carbocycles. The summed E-state index contributed by atoms with van der Waals surface area (Å²) in [5.74, 6) is 0. The first-order valence-electron chi connectivity index (χ1n) is 2.11. The van der Waals surface area contributed by atoms with Crippen LogP contribution in [0.4, 0.5) is 0 Å². The summed E-state index contributed by atoms with van der Waals surface area (Å²) in [7, 11) is 0. The van der Waals surface area contributed by atoms with Crippen LogP contribution in [-0.4, -0.2) is 29.5 Å². The van der Waals surface area contributed by atoms with E-state index in [1.165, 1.54) is 0 Å². The van der Waals surface area contributed by atoms with Gasteiger partial charge in [-0.3, -0.25) is 0 Å². The Labute approximate surface area is 53.6 Å². The van der Waals surface area contributed by atoms with Gasteiger partial charge in [-0.25, -0.2) is 0 Å². The van der Waals surface area contributed by atoms with E-state index in [1.807, 2.05) is 0 Å². The van der Waals surface area contributed by atoms with E-state index in [-0.39, 0.29) is 20.6 Å². The fraction of sp³-hybridized carbons (Fsp3) is 1.00. The van der Waals surface area contributed by atoms with Crippen molar-refractivity contribution in [3.8, 4) is 0 Å². The predicted octanol–water partition coefficient (Wildman–Crippen LogP) is 0.286. The van der Waals surface area contributed by atoms with Crippen molar-refractivity contribution < 1.29 is 10.2 Å². The fourth-order valence-electron chi connectivity index (χ4n) is 0.204. The highest BCUT2D eigenvalue weighted by Gasteiger charge is 1.98. The van der Waals surface area contributed by atoms with Crippen LogP contribution >= 0.6 is 0 Å². The Hall–Kier alpha value is -0.770. The van der Waals surface area contributed by atoms with Crippen molar-refractivity contribution >= 4 is 0 Å². The molecule has 0 saturated heterocycles. The zero-order valence-corrected chi connectivity index (χ0v) is 4.23. The third-order valence-electron chi connectivity index (χ3n) is 0.636. The normalized spacial score (nSPS) is 7.89. The van der Waals surface area contributed by atoms with Crippen molar-refractivity contribution in [1.29, 1.82) is 0 Å². The molecule has 0 unspecified atom stereocenters. The summed E-state index contributed by atoms with van der Waals surface area (Å²) in [4.78, 5) is 2.38. The molecule has 5 heteroatoms. The average molecular weight is 133 g/mol. The van der Waals surface area contributed by atoms with Gasteiger partial charge in [0, 0.05) is 4.91 Å². The van der Waals surface area contributed by atoms with Crippen molar-refractivity contribution in [3.63, 3.8) is 0 Å². The first-order valence-corrected chi connectivity index (χ1v) is 2.11. The van der Waals surface area contributed by atoms with Crippen molar-refractivity contribution in [2.75, 3.05) is 13.2 Å². The van der Waals surface area contributed by atoms with Gasteiger partial charge in [0.25, 0.3) is 0 Å². The molecule has 0 aromatic rings. The summed E-state index contributed by atoms with van der Waals surface area (Å²) in [6.07, 6.45) is 0. The van der Waals surface area contributed by atoms with Crippen molar-refractivity contribution in [3.05, 3.63) is 10.4 Å². The standard InChI is InChI=1S/C3H7N3O2.CH4/c4-6-5-3(1-7)2-8;/h3,7-8H,1-2H2;1H4. The minimum absolute atomic E-state index is 0. The molecule has 0 aromatic heterocycles. The van der Waals surface area contributed by atoms with Crippen LogP contribution in [0.1, 0.15) is 7.43 Å². The Balaban J connectivity index is 0. The lowest BCUT2D eigenvalue weighted by Gasteiger charge is -1.97. The molecule has 0 radical (unpaired) electrons. The molecule has 0 rings (SSSR count). The molecule has 0 saturated carbocycles. The molecular weight excluding hydrogens is 122 g/mol. The summed E-state index contributed by atoms with van der Waals surface area (Å²) < 4.78 is 0. The molecule has 0 heterocycles. The molecule has 0 aromatic carbocycles. The molecule has 0 aliphatic rings. The zero-order valence-electron chi connectivity index (χ0n) is 4.23. The molecule has 9 heavy (non-hydrogen) atoms. The summed E-state index contributed by atoms with van der Waals surface area (Å²) >= 11 is 0. The van der Waals surface area contributed by atoms with Crippen LogP contribution in [-0.2, 0) is 0 Å². The maximum atomic E-state index is 8.23. The first-order chi connectivity index (χ1) is 3.85. The van der Waals surface area contributed by atoms with Crippen molar-refractivity contribution in [2.45, 2.75) is 13.5 Å². The van der Waals surface area contributed by atoms with Gasteiger partial charge >= 0.3 is 0 Å². The van der Waals surface area contributed by atoms with Gasteiger partial charge in [-0.2, -0.15) is 0 Å². The van der Waals surface area contributed by atoms with Gasteiger partial charge in [0.15, 0.2) is 0 Å². The molecule has 0 bridgehead atoms. The molecule has 54 valence electrons. The summed E-state index contributed by atoms with van der Waals surface area (Å²) in [6.45, 7) is -0.610. The third kappa shape index (κ3) is 5.10. The third-order valence-corrected chi connectivity index (χ3v) is 0.636. The molecular formula is C4H11N3O2. The number of aliphatic hydroxyl groups is 2.